The van der Waals surface area contributed by atoms with E-state index in [1.165, 1.54) is 22.9 Å². The maximum absolute atomic E-state index is 4.60. The van der Waals surface area contributed by atoms with E-state index in [4.69, 9.17) is 0 Å². The summed E-state index contributed by atoms with van der Waals surface area (Å²) in [6.45, 7) is 0. The van der Waals surface area contributed by atoms with E-state index in [-0.39, 0.29) is 30.1 Å². The van der Waals surface area contributed by atoms with Gasteiger partial charge in [-0.3, -0.25) is 9.97 Å². The number of pyridine rings is 2. The third-order valence-electron chi connectivity index (χ3n) is 13.6. The van der Waals surface area contributed by atoms with Gasteiger partial charge >= 0.3 is 17.1 Å². The summed E-state index contributed by atoms with van der Waals surface area (Å²) in [5.74, 6) is 6.20. The van der Waals surface area contributed by atoms with Gasteiger partial charge in [-0.2, -0.15) is 35.9 Å². The smallest absolute Gasteiger partial charge is 0.264 e. The molecular formula is C42H50FeN2P2. The van der Waals surface area contributed by atoms with E-state index in [9.17, 15) is 0 Å². The molecule has 0 N–H and O–H groups in total. The fraction of sp³-hybridized carbons (Fsp3) is 0.524. The summed E-state index contributed by atoms with van der Waals surface area (Å²) < 4.78 is 0. The molecule has 8 saturated carbocycles. The summed E-state index contributed by atoms with van der Waals surface area (Å²) in [6, 6.07) is 26.1. The van der Waals surface area contributed by atoms with Crippen LogP contribution in [-0.4, -0.2) is 20.3 Å². The van der Waals surface area contributed by atoms with Crippen LogP contribution in [0.5, 0.6) is 0 Å². The molecule has 2 nitrogen and oxygen atoms in total. The predicted molar refractivity (Wildman–Crippen MR) is 195 cm³/mol. The minimum Gasteiger partial charge on any atom is -0.264 e. The van der Waals surface area contributed by atoms with Crippen molar-refractivity contribution in [1.82, 2.24) is 9.97 Å². The molecule has 246 valence electrons. The van der Waals surface area contributed by atoms with E-state index < -0.39 is 0 Å². The molecule has 47 heavy (non-hydrogen) atoms. The van der Waals surface area contributed by atoms with Gasteiger partial charge in [-0.1, -0.05) is 18.3 Å². The monoisotopic (exact) mass is 700 g/mol. The van der Waals surface area contributed by atoms with Crippen LogP contribution in [0.25, 0.3) is 0 Å². The van der Waals surface area contributed by atoms with E-state index in [0.717, 1.165) is 35.5 Å². The van der Waals surface area contributed by atoms with Crippen molar-refractivity contribution in [2.45, 2.75) is 98.7 Å². The molecule has 1 unspecified atom stereocenters. The molecule has 0 spiro atoms. The van der Waals surface area contributed by atoms with E-state index in [1.807, 2.05) is 42.7 Å². The maximum Gasteiger partial charge on any atom is 2.00 e. The van der Waals surface area contributed by atoms with Crippen molar-refractivity contribution < 1.29 is 17.1 Å². The molecule has 2 heterocycles. The summed E-state index contributed by atoms with van der Waals surface area (Å²) >= 11 is 0. The number of hydrogen-bond acceptors (Lipinski definition) is 2. The summed E-state index contributed by atoms with van der Waals surface area (Å²) in [5.41, 5.74) is 5.61. The van der Waals surface area contributed by atoms with Gasteiger partial charge in [0, 0.05) is 29.9 Å². The maximum atomic E-state index is 4.60. The first kappa shape index (κ1) is 32.6. The minimum absolute atomic E-state index is 0. The van der Waals surface area contributed by atoms with Gasteiger partial charge in [0.05, 0.1) is 0 Å². The van der Waals surface area contributed by atoms with E-state index in [1.54, 1.807) is 82.6 Å². The van der Waals surface area contributed by atoms with Crippen LogP contribution in [0.1, 0.15) is 99.3 Å². The molecule has 12 rings (SSSR count). The van der Waals surface area contributed by atoms with Crippen LogP contribution < -0.4 is 0 Å². The molecule has 0 amide bonds. The van der Waals surface area contributed by atoms with E-state index >= 15 is 0 Å². The van der Waals surface area contributed by atoms with Crippen LogP contribution in [0.3, 0.4) is 0 Å². The van der Waals surface area contributed by atoms with E-state index in [2.05, 4.69) is 74.1 Å². The first-order valence-corrected chi connectivity index (χ1v) is 20.4. The normalized spacial score (nSPS) is 35.2. The molecular weight excluding hydrogens is 650 g/mol. The van der Waals surface area contributed by atoms with E-state index in [0.29, 0.717) is 10.3 Å². The Morgan fingerprint density at radius 2 is 1.11 bits per heavy atom. The second kappa shape index (κ2) is 12.9. The van der Waals surface area contributed by atoms with Gasteiger partial charge in [0.1, 0.15) is 0 Å². The molecule has 4 aromatic rings. The fourth-order valence-electron chi connectivity index (χ4n) is 12.8. The summed E-state index contributed by atoms with van der Waals surface area (Å²) in [7, 11) is 3.20. The van der Waals surface area contributed by atoms with Crippen LogP contribution in [0.15, 0.2) is 97.6 Å². The molecule has 8 aliphatic rings. The Bertz CT molecular complexity index is 1440. The van der Waals surface area contributed by atoms with Crippen LogP contribution in [0, 0.1) is 35.5 Å². The quantitative estimate of drug-likeness (QED) is 0.109. The Labute approximate surface area is 296 Å². The van der Waals surface area contributed by atoms with Crippen molar-refractivity contribution in [3.05, 3.63) is 120 Å². The molecule has 8 fully saturated rings. The number of rotatable bonds is 7. The summed E-state index contributed by atoms with van der Waals surface area (Å²) in [6.07, 6.45) is 28.1. The van der Waals surface area contributed by atoms with Crippen LogP contribution in [0.2, 0.25) is 0 Å². The minimum atomic E-state index is -0.328. The van der Waals surface area contributed by atoms with Crippen LogP contribution >= 0.6 is 17.2 Å². The Hall–Kier alpha value is -1.62. The molecule has 2 aromatic heterocycles. The second-order valence-corrected chi connectivity index (χ2v) is 20.5. The number of aromatic nitrogens is 2. The standard InChI is InChI=1S/C37H45N2P2.C5H5.Fe/c40-37(32-5-2-8-38-22-32,33-6-3-9-39-23-33)34-7-1-4-31(34)24-41(35-16-25-10-26(17-35)12-27(11-25)18-35)36-19-28-13-29(20-36)15-30(14-28)21-36;1-2-4-5-3-1;/h1-9,22-23,25-30H,10-21,24,40H2;1-5H;/q2*-1;+2. The van der Waals surface area contributed by atoms with Crippen LogP contribution in [0.4, 0.5) is 0 Å². The van der Waals surface area contributed by atoms with Crippen molar-refractivity contribution in [2.24, 2.45) is 35.5 Å². The average molecular weight is 701 g/mol. The Morgan fingerprint density at radius 3 is 1.47 bits per heavy atom. The first-order chi connectivity index (χ1) is 22.5. The largest absolute Gasteiger partial charge is 2.00 e. The van der Waals surface area contributed by atoms with Gasteiger partial charge in [-0.05, 0) is 146 Å². The first-order valence-electron chi connectivity index (χ1n) is 18.3. The van der Waals surface area contributed by atoms with Gasteiger partial charge in [-0.15, -0.1) is 22.7 Å². The average Bonchev–Trinajstić information content (AvgIpc) is 3.79. The Balaban J connectivity index is 0.000000497. The van der Waals surface area contributed by atoms with Crippen molar-refractivity contribution in [3.8, 4) is 0 Å². The molecule has 0 aliphatic heterocycles. The van der Waals surface area contributed by atoms with Gasteiger partial charge in [0.2, 0.25) is 0 Å². The summed E-state index contributed by atoms with van der Waals surface area (Å²) in [5, 5.41) is 0.970. The topological polar surface area (TPSA) is 25.8 Å². The van der Waals surface area contributed by atoms with Crippen molar-refractivity contribution in [1.29, 1.82) is 0 Å². The number of nitrogens with zero attached hydrogens (tertiary/aromatic N) is 2. The predicted octanol–water partition coefficient (Wildman–Crippen LogP) is 10.7. The molecule has 1 atom stereocenters. The Kier molecular flexibility index (Phi) is 8.96. The second-order valence-electron chi connectivity index (χ2n) is 16.6. The van der Waals surface area contributed by atoms with Crippen molar-refractivity contribution in [3.63, 3.8) is 0 Å². The van der Waals surface area contributed by atoms with Gasteiger partial charge in [-0.25, -0.2) is 18.2 Å². The third kappa shape index (κ3) is 5.79. The molecule has 0 radical (unpaired) electrons. The molecule has 8 bridgehead atoms. The zero-order chi connectivity index (χ0) is 30.8. The van der Waals surface area contributed by atoms with Gasteiger partial charge in [0.15, 0.2) is 0 Å². The number of hydrogen-bond donors (Lipinski definition) is 0. The molecule has 8 aliphatic carbocycles. The SMILES string of the molecule is PC(c1cccnc1)(c1cccnc1)c1[cH-]ccc1CP(C12CC3CC(CC(C3)C1)C2)C12CC3CC(CC(C3)C1)C2.[Fe+2].c1cc[cH-]c1. The van der Waals surface area contributed by atoms with Gasteiger partial charge in [0.25, 0.3) is 0 Å². The van der Waals surface area contributed by atoms with Gasteiger partial charge < -0.3 is 0 Å². The molecule has 2 aromatic carbocycles. The molecule has 0 saturated heterocycles. The fourth-order valence-corrected chi connectivity index (χ4v) is 18.6. The van der Waals surface area contributed by atoms with Crippen molar-refractivity contribution in [2.75, 3.05) is 0 Å². The molecule has 5 heteroatoms. The summed E-state index contributed by atoms with van der Waals surface area (Å²) in [4.78, 5) is 9.20. The van der Waals surface area contributed by atoms with Crippen molar-refractivity contribution >= 4 is 17.2 Å². The third-order valence-corrected chi connectivity index (χ3v) is 18.6. The Morgan fingerprint density at radius 1 is 0.660 bits per heavy atom. The zero-order valence-corrected chi connectivity index (χ0v) is 30.8. The zero-order valence-electron chi connectivity index (χ0n) is 27.7. The van der Waals surface area contributed by atoms with Crippen LogP contribution in [-0.2, 0) is 28.4 Å².